The Labute approximate surface area is 113 Å². The van der Waals surface area contributed by atoms with Crippen LogP contribution in [0.4, 0.5) is 5.69 Å². The van der Waals surface area contributed by atoms with Crippen molar-refractivity contribution in [3.8, 4) is 0 Å². The Balaban J connectivity index is 3.08. The summed E-state index contributed by atoms with van der Waals surface area (Å²) in [6.45, 7) is 1.95. The summed E-state index contributed by atoms with van der Waals surface area (Å²) in [5.41, 5.74) is 4.88. The molecule has 0 bridgehead atoms. The first-order valence-electron chi connectivity index (χ1n) is 5.40. The number of aromatic nitrogens is 1. The molecule has 1 rings (SSSR count). The van der Waals surface area contributed by atoms with Crippen LogP contribution in [0.2, 0.25) is 0 Å². The Bertz CT molecular complexity index is 494. The third kappa shape index (κ3) is 4.07. The molecule has 0 saturated heterocycles. The van der Waals surface area contributed by atoms with E-state index >= 15 is 0 Å². The van der Waals surface area contributed by atoms with Crippen molar-refractivity contribution >= 4 is 23.3 Å². The molecule has 4 N–H and O–H groups in total. The van der Waals surface area contributed by atoms with Gasteiger partial charge in [-0.15, -0.1) is 11.8 Å². The number of hydrogen-bond acceptors (Lipinski definition) is 7. The molecule has 1 heterocycles. The predicted octanol–water partition coefficient (Wildman–Crippen LogP) is 0.947. The molecular formula is C10H14N4O4S. The first kappa shape index (κ1) is 15.2. The number of pyridine rings is 1. The molecule has 0 aliphatic rings. The number of aliphatic hydroxyl groups excluding tert-OH is 1. The molecule has 1 aromatic rings. The topological polar surface area (TPSA) is 135 Å². The first-order chi connectivity index (χ1) is 8.99. The Morgan fingerprint density at radius 2 is 2.37 bits per heavy atom. The number of nitrogens with two attached hydrogens (primary N) is 1. The number of oxime groups is 1. The Morgan fingerprint density at radius 1 is 1.68 bits per heavy atom. The second-order valence-electron chi connectivity index (χ2n) is 3.70. The van der Waals surface area contributed by atoms with E-state index in [0.717, 1.165) is 0 Å². The van der Waals surface area contributed by atoms with Crippen LogP contribution < -0.4 is 5.73 Å². The van der Waals surface area contributed by atoms with Crippen LogP contribution in [0, 0.1) is 10.1 Å². The number of aliphatic hydroxyl groups is 1. The van der Waals surface area contributed by atoms with Gasteiger partial charge >= 0.3 is 0 Å². The summed E-state index contributed by atoms with van der Waals surface area (Å²) in [4.78, 5) is 14.2. The van der Waals surface area contributed by atoms with Crippen molar-refractivity contribution < 1.29 is 15.2 Å². The average molecular weight is 286 g/mol. The van der Waals surface area contributed by atoms with Gasteiger partial charge in [0.2, 0.25) is 0 Å². The largest absolute Gasteiger partial charge is 0.409 e. The van der Waals surface area contributed by atoms with Crippen LogP contribution in [0.5, 0.6) is 0 Å². The highest BCUT2D eigenvalue weighted by atomic mass is 32.2. The third-order valence-electron chi connectivity index (χ3n) is 2.25. The summed E-state index contributed by atoms with van der Waals surface area (Å²) in [6.07, 6.45) is 0.572. The molecule has 0 radical (unpaired) electrons. The van der Waals surface area contributed by atoms with Gasteiger partial charge in [-0.05, 0) is 12.5 Å². The minimum absolute atomic E-state index is 0.0498. The number of hydrogen-bond donors (Lipinski definition) is 3. The molecule has 1 atom stereocenters. The summed E-state index contributed by atoms with van der Waals surface area (Å²) < 4.78 is 0. The highest BCUT2D eigenvalue weighted by molar-refractivity contribution is 7.99. The average Bonchev–Trinajstić information content (AvgIpc) is 2.37. The highest BCUT2D eigenvalue weighted by Gasteiger charge is 2.20. The second-order valence-corrected chi connectivity index (χ2v) is 5.16. The van der Waals surface area contributed by atoms with Crippen molar-refractivity contribution in [2.24, 2.45) is 10.9 Å². The van der Waals surface area contributed by atoms with Gasteiger partial charge in [0.1, 0.15) is 0 Å². The van der Waals surface area contributed by atoms with Crippen LogP contribution in [0.15, 0.2) is 22.3 Å². The summed E-state index contributed by atoms with van der Waals surface area (Å²) in [5, 5.41) is 31.6. The Kier molecular flexibility index (Phi) is 5.52. The van der Waals surface area contributed by atoms with Crippen LogP contribution in [0.25, 0.3) is 0 Å². The maximum atomic E-state index is 10.8. The molecule has 0 spiro atoms. The van der Waals surface area contributed by atoms with Gasteiger partial charge in [0.05, 0.1) is 9.95 Å². The number of nitrogens with zero attached hydrogens (tertiary/aromatic N) is 3. The number of nitro groups is 1. The van der Waals surface area contributed by atoms with Crippen molar-refractivity contribution in [2.45, 2.75) is 23.6 Å². The molecule has 19 heavy (non-hydrogen) atoms. The van der Waals surface area contributed by atoms with Gasteiger partial charge in [0.25, 0.3) is 5.69 Å². The van der Waals surface area contributed by atoms with Gasteiger partial charge in [-0.1, -0.05) is 12.1 Å². The standard InChI is InChI=1S/C10H14N4O4S/c1-6(4-5-15)19-8-3-2-7(14(17)18)9(12-8)10(11)13-16/h2-3,6,15-16H,4-5H2,1H3,(H2,11,13). The number of amidine groups is 1. The van der Waals surface area contributed by atoms with E-state index in [1.807, 2.05) is 6.92 Å². The zero-order valence-corrected chi connectivity index (χ0v) is 11.0. The molecule has 0 saturated carbocycles. The van der Waals surface area contributed by atoms with Crippen molar-refractivity contribution in [3.05, 3.63) is 27.9 Å². The fourth-order valence-electron chi connectivity index (χ4n) is 1.33. The molecule has 0 aliphatic carbocycles. The molecule has 1 aromatic heterocycles. The zero-order chi connectivity index (χ0) is 14.4. The van der Waals surface area contributed by atoms with Crippen LogP contribution >= 0.6 is 11.8 Å². The van der Waals surface area contributed by atoms with Crippen molar-refractivity contribution in [1.29, 1.82) is 0 Å². The molecule has 0 aromatic carbocycles. The Hall–Kier alpha value is -1.87. The summed E-state index contributed by atoms with van der Waals surface area (Å²) >= 11 is 1.34. The second kappa shape index (κ2) is 6.90. The molecular weight excluding hydrogens is 272 g/mol. The predicted molar refractivity (Wildman–Crippen MR) is 70.4 cm³/mol. The van der Waals surface area contributed by atoms with E-state index in [1.54, 1.807) is 0 Å². The van der Waals surface area contributed by atoms with Crippen LogP contribution in [0.1, 0.15) is 19.0 Å². The van der Waals surface area contributed by atoms with E-state index < -0.39 is 10.8 Å². The summed E-state index contributed by atoms with van der Waals surface area (Å²) in [6, 6.07) is 2.75. The van der Waals surface area contributed by atoms with Crippen molar-refractivity contribution in [2.75, 3.05) is 6.61 Å². The van der Waals surface area contributed by atoms with Crippen LogP contribution in [-0.4, -0.2) is 37.9 Å². The van der Waals surface area contributed by atoms with E-state index in [4.69, 9.17) is 16.0 Å². The van der Waals surface area contributed by atoms with Crippen LogP contribution in [-0.2, 0) is 0 Å². The highest BCUT2D eigenvalue weighted by Crippen LogP contribution is 2.26. The minimum atomic E-state index is -0.647. The van der Waals surface area contributed by atoms with Crippen LogP contribution in [0.3, 0.4) is 0 Å². The zero-order valence-electron chi connectivity index (χ0n) is 10.2. The quantitative estimate of drug-likeness (QED) is 0.177. The van der Waals surface area contributed by atoms with Crippen molar-refractivity contribution in [3.63, 3.8) is 0 Å². The smallest absolute Gasteiger partial charge is 0.298 e. The molecule has 104 valence electrons. The third-order valence-corrected chi connectivity index (χ3v) is 3.36. The summed E-state index contributed by atoms with van der Waals surface area (Å²) in [5.74, 6) is -0.413. The number of thioether (sulfide) groups is 1. The van der Waals surface area contributed by atoms with Gasteiger partial charge in [-0.2, -0.15) is 0 Å². The molecule has 8 nitrogen and oxygen atoms in total. The fraction of sp³-hybridized carbons (Fsp3) is 0.400. The van der Waals surface area contributed by atoms with E-state index in [9.17, 15) is 10.1 Å². The first-order valence-corrected chi connectivity index (χ1v) is 6.28. The minimum Gasteiger partial charge on any atom is -0.409 e. The van der Waals surface area contributed by atoms with Gasteiger partial charge in [-0.25, -0.2) is 4.98 Å². The molecule has 0 amide bonds. The normalized spacial score (nSPS) is 13.3. The van der Waals surface area contributed by atoms with E-state index in [-0.39, 0.29) is 23.2 Å². The molecule has 0 fully saturated rings. The number of rotatable bonds is 6. The maximum Gasteiger partial charge on any atom is 0.298 e. The monoisotopic (exact) mass is 286 g/mol. The molecule has 0 aliphatic heterocycles. The van der Waals surface area contributed by atoms with Gasteiger partial charge in [0.15, 0.2) is 11.5 Å². The SMILES string of the molecule is CC(CCO)Sc1ccc([N+](=O)[O-])c(/C(N)=N/O)n1. The van der Waals surface area contributed by atoms with Gasteiger partial charge in [0, 0.05) is 17.9 Å². The lowest BCUT2D eigenvalue weighted by Gasteiger charge is -2.09. The Morgan fingerprint density at radius 3 is 2.89 bits per heavy atom. The van der Waals surface area contributed by atoms with E-state index in [0.29, 0.717) is 11.4 Å². The van der Waals surface area contributed by atoms with E-state index in [2.05, 4.69) is 10.1 Å². The fourth-order valence-corrected chi connectivity index (χ4v) is 2.26. The lowest BCUT2D eigenvalue weighted by Crippen LogP contribution is -2.17. The summed E-state index contributed by atoms with van der Waals surface area (Å²) in [7, 11) is 0. The molecule has 1 unspecified atom stereocenters. The van der Waals surface area contributed by atoms with Gasteiger partial charge in [-0.3, -0.25) is 10.1 Å². The lowest BCUT2D eigenvalue weighted by atomic mass is 10.3. The maximum absolute atomic E-state index is 10.8. The van der Waals surface area contributed by atoms with E-state index in [1.165, 1.54) is 23.9 Å². The van der Waals surface area contributed by atoms with Crippen molar-refractivity contribution in [1.82, 2.24) is 4.98 Å². The lowest BCUT2D eigenvalue weighted by molar-refractivity contribution is -0.385. The molecule has 9 heteroatoms. The van der Waals surface area contributed by atoms with Gasteiger partial charge < -0.3 is 16.0 Å².